The smallest absolute Gasteiger partial charge is 0.257 e. The van der Waals surface area contributed by atoms with Crippen molar-refractivity contribution >= 4 is 40.7 Å². The predicted molar refractivity (Wildman–Crippen MR) is 164 cm³/mol. The molecule has 0 spiro atoms. The minimum Gasteiger partial charge on any atom is -0.326 e. The second-order valence-corrected chi connectivity index (χ2v) is 11.4. The number of carbonyl (C=O) groups is 4. The molecule has 0 saturated carbocycles. The minimum atomic E-state index is -0.427. The number of fused-ring (bicyclic) bond motifs is 1. The van der Waals surface area contributed by atoms with Gasteiger partial charge in [0.25, 0.3) is 5.91 Å². The molecule has 2 aliphatic rings. The van der Waals surface area contributed by atoms with E-state index in [1.54, 1.807) is 48.5 Å². The summed E-state index contributed by atoms with van der Waals surface area (Å²) in [5.41, 5.74) is 2.78. The van der Waals surface area contributed by atoms with E-state index in [2.05, 4.69) is 17.6 Å². The van der Waals surface area contributed by atoms with Gasteiger partial charge in [0.15, 0.2) is 0 Å². The van der Waals surface area contributed by atoms with E-state index in [1.807, 2.05) is 13.0 Å². The van der Waals surface area contributed by atoms with Crippen LogP contribution in [-0.4, -0.2) is 23.6 Å². The van der Waals surface area contributed by atoms with Gasteiger partial charge in [0.2, 0.25) is 17.7 Å². The van der Waals surface area contributed by atoms with Crippen molar-refractivity contribution in [2.45, 2.75) is 90.9 Å². The lowest BCUT2D eigenvalue weighted by atomic mass is 9.82. The summed E-state index contributed by atoms with van der Waals surface area (Å²) < 4.78 is 0. The molecule has 1 aliphatic carbocycles. The first-order valence-corrected chi connectivity index (χ1v) is 15.2. The number of nitrogens with zero attached hydrogens (tertiary/aromatic N) is 1. The number of hydrogen-bond acceptors (Lipinski definition) is 4. The van der Waals surface area contributed by atoms with E-state index in [9.17, 15) is 19.2 Å². The highest BCUT2D eigenvalue weighted by atomic mass is 16.2. The third-order valence-electron chi connectivity index (χ3n) is 8.12. The molecule has 0 unspecified atom stereocenters. The fourth-order valence-corrected chi connectivity index (χ4v) is 5.83. The highest BCUT2D eigenvalue weighted by molar-refractivity contribution is 6.25. The number of anilines is 3. The molecule has 7 nitrogen and oxygen atoms in total. The minimum absolute atomic E-state index is 0.0426. The molecular formula is C34H43N3O4. The molecule has 4 rings (SSSR count). The van der Waals surface area contributed by atoms with Crippen molar-refractivity contribution in [2.24, 2.45) is 11.8 Å². The summed E-state index contributed by atoms with van der Waals surface area (Å²) in [7, 11) is 0. The number of allylic oxidation sites excluding steroid dienone is 2. The summed E-state index contributed by atoms with van der Waals surface area (Å²) in [4.78, 5) is 53.5. The third kappa shape index (κ3) is 7.93. The average molecular weight is 558 g/mol. The van der Waals surface area contributed by atoms with Crippen molar-refractivity contribution < 1.29 is 19.2 Å². The van der Waals surface area contributed by atoms with E-state index in [0.29, 0.717) is 36.3 Å². The van der Waals surface area contributed by atoms with Gasteiger partial charge in [-0.05, 0) is 56.5 Å². The number of hydrogen-bond donors (Lipinski definition) is 2. The fourth-order valence-electron chi connectivity index (χ4n) is 5.83. The van der Waals surface area contributed by atoms with Crippen LogP contribution in [0.2, 0.25) is 0 Å². The van der Waals surface area contributed by atoms with Crippen LogP contribution in [0.25, 0.3) is 0 Å². The maximum absolute atomic E-state index is 13.3. The highest BCUT2D eigenvalue weighted by Crippen LogP contribution is 2.40. The molecule has 4 amide bonds. The highest BCUT2D eigenvalue weighted by Gasteiger charge is 2.49. The van der Waals surface area contributed by atoms with E-state index in [1.165, 1.54) is 43.4 Å². The maximum Gasteiger partial charge on any atom is 0.257 e. The number of imide groups is 1. The Hall–Kier alpha value is -3.74. The van der Waals surface area contributed by atoms with Gasteiger partial charge >= 0.3 is 0 Å². The number of benzene rings is 2. The predicted octanol–water partition coefficient (Wildman–Crippen LogP) is 7.64. The molecule has 1 saturated heterocycles. The lowest BCUT2D eigenvalue weighted by Crippen LogP contribution is -2.33. The van der Waals surface area contributed by atoms with Crippen LogP contribution < -0.4 is 15.5 Å². The molecule has 0 bridgehead atoms. The Kier molecular flexibility index (Phi) is 10.9. The summed E-state index contributed by atoms with van der Waals surface area (Å²) >= 11 is 0. The van der Waals surface area contributed by atoms with Crippen LogP contribution in [0, 0.1) is 11.8 Å². The van der Waals surface area contributed by atoms with Gasteiger partial charge in [-0.1, -0.05) is 88.1 Å². The average Bonchev–Trinajstić information content (AvgIpc) is 3.20. The second kappa shape index (κ2) is 14.8. The van der Waals surface area contributed by atoms with E-state index < -0.39 is 5.91 Å². The van der Waals surface area contributed by atoms with Crippen molar-refractivity contribution in [3.8, 4) is 0 Å². The zero-order valence-corrected chi connectivity index (χ0v) is 24.4. The van der Waals surface area contributed by atoms with Crippen LogP contribution in [0.1, 0.15) is 101 Å². The van der Waals surface area contributed by atoms with Gasteiger partial charge in [0.05, 0.1) is 23.1 Å². The lowest BCUT2D eigenvalue weighted by molar-refractivity contribution is -0.122. The molecule has 1 aliphatic heterocycles. The van der Waals surface area contributed by atoms with Crippen LogP contribution in [-0.2, 0) is 14.4 Å². The van der Waals surface area contributed by atoms with Crippen LogP contribution >= 0.6 is 0 Å². The fraction of sp³-hybridized carbons (Fsp3) is 0.471. The van der Waals surface area contributed by atoms with Crippen molar-refractivity contribution in [3.05, 3.63) is 65.7 Å². The van der Waals surface area contributed by atoms with Crippen LogP contribution in [0.4, 0.5) is 17.1 Å². The number of unbranched alkanes of at least 4 members (excludes halogenated alkanes) is 8. The molecule has 7 heteroatoms. The number of rotatable bonds is 14. The quantitative estimate of drug-likeness (QED) is 0.142. The van der Waals surface area contributed by atoms with Gasteiger partial charge in [-0.15, -0.1) is 0 Å². The Balaban J connectivity index is 1.31. The van der Waals surface area contributed by atoms with Gasteiger partial charge in [-0.2, -0.15) is 0 Å². The normalized spacial score (nSPS) is 18.2. The van der Waals surface area contributed by atoms with E-state index in [0.717, 1.165) is 24.8 Å². The molecular weight excluding hydrogens is 514 g/mol. The first-order valence-electron chi connectivity index (χ1n) is 15.2. The zero-order chi connectivity index (χ0) is 29.2. The largest absolute Gasteiger partial charge is 0.326 e. The van der Waals surface area contributed by atoms with Gasteiger partial charge in [0.1, 0.15) is 0 Å². The Morgan fingerprint density at radius 1 is 0.805 bits per heavy atom. The Morgan fingerprint density at radius 2 is 1.44 bits per heavy atom. The molecule has 2 atom stereocenters. The maximum atomic E-state index is 13.3. The van der Waals surface area contributed by atoms with Crippen molar-refractivity contribution in [3.63, 3.8) is 0 Å². The first-order chi connectivity index (χ1) is 19.9. The Morgan fingerprint density at radius 3 is 2.17 bits per heavy atom. The van der Waals surface area contributed by atoms with E-state index in [-0.39, 0.29) is 35.1 Å². The SMILES string of the molecule is CCCCCCCCCCCC(=O)Nc1cccc(NC(=O)c2ccccc2N2C(=O)[C@H]3CC=C(C)C[C@H]3C2=O)c1. The standard InChI is InChI=1S/C34H43N3O4/c1-3-4-5-6-7-8-9-10-11-19-31(38)35-25-15-14-16-26(23-25)36-32(39)28-17-12-13-18-30(28)37-33(40)27-21-20-24(2)22-29(27)34(37)41/h12-18,20,23,27,29H,3-11,19,21-22H2,1-2H3,(H,35,38)(H,36,39)/t27-,29+/m0/s1. The Labute approximate surface area is 243 Å². The molecule has 218 valence electrons. The van der Waals surface area contributed by atoms with Gasteiger partial charge in [0, 0.05) is 17.8 Å². The number of carbonyl (C=O) groups excluding carboxylic acids is 4. The molecule has 2 N–H and O–H groups in total. The monoisotopic (exact) mass is 557 g/mol. The first kappa shape index (κ1) is 30.2. The van der Waals surface area contributed by atoms with E-state index >= 15 is 0 Å². The third-order valence-corrected chi connectivity index (χ3v) is 8.12. The number of para-hydroxylation sites is 1. The molecule has 0 radical (unpaired) electrons. The molecule has 1 heterocycles. The summed E-state index contributed by atoms with van der Waals surface area (Å²) in [6.07, 6.45) is 14.4. The second-order valence-electron chi connectivity index (χ2n) is 11.4. The number of amides is 4. The van der Waals surface area contributed by atoms with Crippen molar-refractivity contribution in [2.75, 3.05) is 15.5 Å². The molecule has 41 heavy (non-hydrogen) atoms. The summed E-state index contributed by atoms with van der Waals surface area (Å²) in [6.45, 7) is 4.20. The van der Waals surface area contributed by atoms with Crippen LogP contribution in [0.15, 0.2) is 60.2 Å². The Bertz CT molecular complexity index is 1280. The van der Waals surface area contributed by atoms with Crippen molar-refractivity contribution in [1.29, 1.82) is 0 Å². The topological polar surface area (TPSA) is 95.6 Å². The summed E-state index contributed by atoms with van der Waals surface area (Å²) in [5.74, 6) is -1.72. The van der Waals surface area contributed by atoms with Crippen LogP contribution in [0.5, 0.6) is 0 Å². The van der Waals surface area contributed by atoms with Gasteiger partial charge in [-0.25, -0.2) is 4.90 Å². The molecule has 2 aromatic carbocycles. The van der Waals surface area contributed by atoms with Gasteiger partial charge in [-0.3, -0.25) is 19.2 Å². The summed E-state index contributed by atoms with van der Waals surface area (Å²) in [6, 6.07) is 13.7. The molecule has 0 aromatic heterocycles. The molecule has 1 fully saturated rings. The van der Waals surface area contributed by atoms with Crippen molar-refractivity contribution in [1.82, 2.24) is 0 Å². The summed E-state index contributed by atoms with van der Waals surface area (Å²) in [5, 5.41) is 5.80. The van der Waals surface area contributed by atoms with Gasteiger partial charge < -0.3 is 10.6 Å². The van der Waals surface area contributed by atoms with E-state index in [4.69, 9.17) is 0 Å². The lowest BCUT2D eigenvalue weighted by Gasteiger charge is -2.19. The van der Waals surface area contributed by atoms with Crippen LogP contribution in [0.3, 0.4) is 0 Å². The number of nitrogens with one attached hydrogen (secondary N) is 2. The zero-order valence-electron chi connectivity index (χ0n) is 24.4. The molecule has 2 aromatic rings.